The number of alkyl halides is 2. The number of rotatable bonds is 8. The highest BCUT2D eigenvalue weighted by Crippen LogP contribution is 2.09. The molecule has 0 heterocycles. The Kier molecular flexibility index (Phi) is 6.38. The number of benzene rings is 1. The molecule has 19 heavy (non-hydrogen) atoms. The van der Waals surface area contributed by atoms with E-state index in [0.29, 0.717) is 12.1 Å². The molecule has 0 spiro atoms. The van der Waals surface area contributed by atoms with E-state index in [0.717, 1.165) is 5.56 Å². The van der Waals surface area contributed by atoms with Crippen molar-refractivity contribution in [1.82, 2.24) is 4.90 Å². The Morgan fingerprint density at radius 2 is 1.79 bits per heavy atom. The molecular formula is C13H17F2NO3. The zero-order chi connectivity index (χ0) is 14.3. The van der Waals surface area contributed by atoms with E-state index < -0.39 is 18.9 Å². The highest BCUT2D eigenvalue weighted by Gasteiger charge is 2.12. The summed E-state index contributed by atoms with van der Waals surface area (Å²) in [6, 6.07) is 6.77. The van der Waals surface area contributed by atoms with E-state index in [1.807, 2.05) is 0 Å². The molecule has 0 fully saturated rings. The lowest BCUT2D eigenvalue weighted by atomic mass is 10.1. The highest BCUT2D eigenvalue weighted by atomic mass is 19.3. The molecule has 0 unspecified atom stereocenters. The Balaban J connectivity index is 2.61. The van der Waals surface area contributed by atoms with Crippen molar-refractivity contribution in [2.24, 2.45) is 0 Å². The number of carbonyl (C=O) groups is 1. The minimum Gasteiger partial charge on any atom is -0.481 e. The van der Waals surface area contributed by atoms with E-state index >= 15 is 0 Å². The number of carboxylic acids is 1. The SMILES string of the molecule is O=C(O)Cc1ccc(CN(CCO)CC(F)F)cc1. The summed E-state index contributed by atoms with van der Waals surface area (Å²) in [6.45, 7) is -0.0826. The summed E-state index contributed by atoms with van der Waals surface area (Å²) >= 11 is 0. The summed E-state index contributed by atoms with van der Waals surface area (Å²) in [5.41, 5.74) is 1.47. The van der Waals surface area contributed by atoms with Gasteiger partial charge in [-0.25, -0.2) is 8.78 Å². The molecule has 0 amide bonds. The van der Waals surface area contributed by atoms with Crippen molar-refractivity contribution in [3.05, 3.63) is 35.4 Å². The minimum absolute atomic E-state index is 0.0579. The monoisotopic (exact) mass is 273 g/mol. The molecule has 6 heteroatoms. The molecule has 0 aliphatic rings. The Morgan fingerprint density at radius 3 is 2.26 bits per heavy atom. The van der Waals surface area contributed by atoms with Crippen LogP contribution in [-0.4, -0.2) is 47.2 Å². The van der Waals surface area contributed by atoms with E-state index in [1.54, 1.807) is 24.3 Å². The Morgan fingerprint density at radius 1 is 1.21 bits per heavy atom. The second-order valence-electron chi connectivity index (χ2n) is 4.24. The van der Waals surface area contributed by atoms with Gasteiger partial charge in [-0.15, -0.1) is 0 Å². The van der Waals surface area contributed by atoms with E-state index in [9.17, 15) is 13.6 Å². The number of hydrogen-bond donors (Lipinski definition) is 2. The molecule has 0 bridgehead atoms. The van der Waals surface area contributed by atoms with Gasteiger partial charge in [-0.1, -0.05) is 24.3 Å². The first-order valence-corrected chi connectivity index (χ1v) is 5.92. The normalized spacial score (nSPS) is 11.2. The summed E-state index contributed by atoms with van der Waals surface area (Å²) in [6.07, 6.45) is -2.50. The summed E-state index contributed by atoms with van der Waals surface area (Å²) in [5.74, 6) is -0.910. The topological polar surface area (TPSA) is 60.8 Å². The first-order valence-electron chi connectivity index (χ1n) is 5.92. The predicted molar refractivity (Wildman–Crippen MR) is 66.1 cm³/mol. The van der Waals surface area contributed by atoms with Crippen LogP contribution in [-0.2, 0) is 17.8 Å². The summed E-state index contributed by atoms with van der Waals surface area (Å²) < 4.78 is 24.7. The second-order valence-corrected chi connectivity index (χ2v) is 4.24. The van der Waals surface area contributed by atoms with Gasteiger partial charge in [-0.3, -0.25) is 9.69 Å². The van der Waals surface area contributed by atoms with Crippen LogP contribution in [0.4, 0.5) is 8.78 Å². The van der Waals surface area contributed by atoms with Crippen LogP contribution >= 0.6 is 0 Å². The second kappa shape index (κ2) is 7.81. The van der Waals surface area contributed by atoms with Crippen LogP contribution in [0.1, 0.15) is 11.1 Å². The molecule has 0 aliphatic carbocycles. The van der Waals surface area contributed by atoms with Crippen molar-refractivity contribution in [3.63, 3.8) is 0 Å². The van der Waals surface area contributed by atoms with Crippen molar-refractivity contribution in [3.8, 4) is 0 Å². The van der Waals surface area contributed by atoms with Gasteiger partial charge in [-0.05, 0) is 11.1 Å². The predicted octanol–water partition coefficient (Wildman–Crippen LogP) is 1.37. The number of aliphatic hydroxyl groups excluding tert-OH is 1. The number of halogens is 2. The molecule has 106 valence electrons. The van der Waals surface area contributed by atoms with Gasteiger partial charge in [-0.2, -0.15) is 0 Å². The van der Waals surface area contributed by atoms with Crippen LogP contribution in [0.25, 0.3) is 0 Å². The lowest BCUT2D eigenvalue weighted by Gasteiger charge is -2.20. The van der Waals surface area contributed by atoms with Crippen molar-refractivity contribution >= 4 is 5.97 Å². The van der Waals surface area contributed by atoms with Crippen molar-refractivity contribution < 1.29 is 23.8 Å². The first kappa shape index (κ1) is 15.5. The molecule has 0 radical (unpaired) electrons. The lowest BCUT2D eigenvalue weighted by Crippen LogP contribution is -2.31. The summed E-state index contributed by atoms with van der Waals surface area (Å²) in [5, 5.41) is 17.5. The van der Waals surface area contributed by atoms with E-state index in [-0.39, 0.29) is 19.6 Å². The number of aliphatic hydroxyl groups is 1. The van der Waals surface area contributed by atoms with Crippen LogP contribution in [0.15, 0.2) is 24.3 Å². The largest absolute Gasteiger partial charge is 0.481 e. The molecular weight excluding hydrogens is 256 g/mol. The Bertz CT molecular complexity index is 395. The third-order valence-electron chi connectivity index (χ3n) is 2.60. The van der Waals surface area contributed by atoms with Crippen LogP contribution in [0.5, 0.6) is 0 Å². The van der Waals surface area contributed by atoms with Gasteiger partial charge in [0.05, 0.1) is 19.6 Å². The fraction of sp³-hybridized carbons (Fsp3) is 0.462. The summed E-state index contributed by atoms with van der Waals surface area (Å²) in [7, 11) is 0. The minimum atomic E-state index is -2.45. The van der Waals surface area contributed by atoms with Gasteiger partial charge >= 0.3 is 5.97 Å². The molecule has 0 saturated carbocycles. The van der Waals surface area contributed by atoms with Crippen LogP contribution in [0.2, 0.25) is 0 Å². The number of aliphatic carboxylic acids is 1. The molecule has 0 atom stereocenters. The maximum atomic E-state index is 12.3. The molecule has 0 saturated heterocycles. The van der Waals surface area contributed by atoms with Gasteiger partial charge in [0.15, 0.2) is 0 Å². The zero-order valence-electron chi connectivity index (χ0n) is 10.4. The van der Waals surface area contributed by atoms with E-state index in [1.165, 1.54) is 4.90 Å². The molecule has 4 nitrogen and oxygen atoms in total. The Labute approximate surface area is 110 Å². The lowest BCUT2D eigenvalue weighted by molar-refractivity contribution is -0.136. The maximum absolute atomic E-state index is 12.3. The molecule has 1 aromatic rings. The number of nitrogens with zero attached hydrogens (tertiary/aromatic N) is 1. The van der Waals surface area contributed by atoms with E-state index in [4.69, 9.17) is 10.2 Å². The van der Waals surface area contributed by atoms with Crippen LogP contribution in [0.3, 0.4) is 0 Å². The smallest absolute Gasteiger partial charge is 0.307 e. The standard InChI is InChI=1S/C13H17F2NO3/c14-12(15)9-16(5-6-17)8-11-3-1-10(2-4-11)7-13(18)19/h1-4,12,17H,5-9H2,(H,18,19). The molecule has 1 aromatic carbocycles. The average Bonchev–Trinajstić information content (AvgIpc) is 2.30. The fourth-order valence-corrected chi connectivity index (χ4v) is 1.77. The van der Waals surface area contributed by atoms with Gasteiger partial charge in [0.2, 0.25) is 0 Å². The quantitative estimate of drug-likeness (QED) is 0.751. The van der Waals surface area contributed by atoms with Gasteiger partial charge < -0.3 is 10.2 Å². The maximum Gasteiger partial charge on any atom is 0.307 e. The van der Waals surface area contributed by atoms with Crippen molar-refractivity contribution in [2.75, 3.05) is 19.7 Å². The third-order valence-corrected chi connectivity index (χ3v) is 2.60. The first-order chi connectivity index (χ1) is 9.01. The molecule has 0 aromatic heterocycles. The molecule has 1 rings (SSSR count). The van der Waals surface area contributed by atoms with Crippen molar-refractivity contribution in [1.29, 1.82) is 0 Å². The van der Waals surface area contributed by atoms with Crippen molar-refractivity contribution in [2.45, 2.75) is 19.4 Å². The molecule has 0 aliphatic heterocycles. The van der Waals surface area contributed by atoms with Crippen LogP contribution in [0, 0.1) is 0 Å². The zero-order valence-corrected chi connectivity index (χ0v) is 10.4. The third kappa shape index (κ3) is 6.26. The Hall–Kier alpha value is -1.53. The fourth-order valence-electron chi connectivity index (χ4n) is 1.77. The van der Waals surface area contributed by atoms with Crippen LogP contribution < -0.4 is 0 Å². The highest BCUT2D eigenvalue weighted by molar-refractivity contribution is 5.70. The van der Waals surface area contributed by atoms with Gasteiger partial charge in [0, 0.05) is 13.1 Å². The molecule has 2 N–H and O–H groups in total. The average molecular weight is 273 g/mol. The van der Waals surface area contributed by atoms with Gasteiger partial charge in [0.1, 0.15) is 0 Å². The van der Waals surface area contributed by atoms with E-state index in [2.05, 4.69) is 0 Å². The number of carboxylic acid groups (broad SMARTS) is 1. The van der Waals surface area contributed by atoms with Gasteiger partial charge in [0.25, 0.3) is 6.43 Å². The number of hydrogen-bond acceptors (Lipinski definition) is 3. The summed E-state index contributed by atoms with van der Waals surface area (Å²) in [4.78, 5) is 12.0.